The summed E-state index contributed by atoms with van der Waals surface area (Å²) in [5.41, 5.74) is 2.04. The lowest BCUT2D eigenvalue weighted by Crippen LogP contribution is -2.31. The fourth-order valence-corrected chi connectivity index (χ4v) is 3.20. The predicted octanol–water partition coefficient (Wildman–Crippen LogP) is 2.09. The van der Waals surface area contributed by atoms with Crippen molar-refractivity contribution < 1.29 is 13.2 Å². The van der Waals surface area contributed by atoms with Gasteiger partial charge in [-0.3, -0.25) is 4.79 Å². The topological polar surface area (TPSA) is 78.5 Å². The van der Waals surface area contributed by atoms with Gasteiger partial charge in [-0.25, -0.2) is 13.1 Å². The largest absolute Gasteiger partial charge is 0.322 e. The second kappa shape index (κ2) is 8.24. The number of rotatable bonds is 7. The number of nitrogens with one attached hydrogen (secondary N) is 2. The molecule has 134 valence electrons. The zero-order valence-electron chi connectivity index (χ0n) is 14.6. The summed E-state index contributed by atoms with van der Waals surface area (Å²) in [6, 6.07) is 13.4. The normalized spacial score (nSPS) is 11.5. The minimum atomic E-state index is -3.65. The first-order chi connectivity index (χ1) is 11.8. The molecule has 2 rings (SSSR count). The third-order valence-electron chi connectivity index (χ3n) is 3.57. The highest BCUT2D eigenvalue weighted by Crippen LogP contribution is 2.14. The number of hydrogen-bond donors (Lipinski definition) is 2. The van der Waals surface area contributed by atoms with Crippen molar-refractivity contribution in [1.82, 2.24) is 9.62 Å². The number of nitrogens with zero attached hydrogens (tertiary/aromatic N) is 1. The first-order valence-corrected chi connectivity index (χ1v) is 9.39. The van der Waals surface area contributed by atoms with Crippen LogP contribution in [0.15, 0.2) is 53.4 Å². The third-order valence-corrected chi connectivity index (χ3v) is 5.03. The number of likely N-dealkylation sites (N-methyl/N-ethyl adjacent to an activating group) is 1. The molecule has 0 saturated carbocycles. The molecule has 0 aliphatic rings. The van der Waals surface area contributed by atoms with Crippen molar-refractivity contribution in [3.63, 3.8) is 0 Å². The van der Waals surface area contributed by atoms with E-state index < -0.39 is 10.0 Å². The standard InChI is InChI=1S/C18H23N3O3S/c1-14-7-9-16(10-8-14)20-18(22)15-5-4-6-17(13-15)25(23,24)19-11-12-21(2)3/h4-10,13,19H,11-12H2,1-3H3,(H,20,22). The Bertz CT molecular complexity index is 831. The minimum absolute atomic E-state index is 0.0720. The molecule has 0 radical (unpaired) electrons. The fraction of sp³-hybridized carbons (Fsp3) is 0.278. The first kappa shape index (κ1) is 19.1. The highest BCUT2D eigenvalue weighted by Gasteiger charge is 2.16. The summed E-state index contributed by atoms with van der Waals surface area (Å²) >= 11 is 0. The van der Waals surface area contributed by atoms with E-state index >= 15 is 0 Å². The molecule has 7 heteroatoms. The summed E-state index contributed by atoms with van der Waals surface area (Å²) in [5, 5.41) is 2.76. The monoisotopic (exact) mass is 361 g/mol. The molecular weight excluding hydrogens is 338 g/mol. The van der Waals surface area contributed by atoms with Crippen molar-refractivity contribution in [2.24, 2.45) is 0 Å². The van der Waals surface area contributed by atoms with Gasteiger partial charge in [0, 0.05) is 24.3 Å². The molecule has 0 saturated heterocycles. The van der Waals surface area contributed by atoms with E-state index in [0.29, 0.717) is 18.8 Å². The molecule has 2 N–H and O–H groups in total. The molecule has 0 aliphatic carbocycles. The van der Waals surface area contributed by atoms with Gasteiger partial charge < -0.3 is 10.2 Å². The van der Waals surface area contributed by atoms with Crippen molar-refractivity contribution in [2.45, 2.75) is 11.8 Å². The van der Waals surface area contributed by atoms with Crippen LogP contribution in [0.3, 0.4) is 0 Å². The molecule has 25 heavy (non-hydrogen) atoms. The van der Waals surface area contributed by atoms with Crippen LogP contribution in [0.4, 0.5) is 5.69 Å². The number of carbonyl (C=O) groups excluding carboxylic acids is 1. The van der Waals surface area contributed by atoms with Gasteiger partial charge in [-0.2, -0.15) is 0 Å². The number of hydrogen-bond acceptors (Lipinski definition) is 4. The van der Waals surface area contributed by atoms with Gasteiger partial charge in [0.05, 0.1) is 4.90 Å². The van der Waals surface area contributed by atoms with E-state index in [4.69, 9.17) is 0 Å². The van der Waals surface area contributed by atoms with Crippen molar-refractivity contribution in [1.29, 1.82) is 0 Å². The minimum Gasteiger partial charge on any atom is -0.322 e. The van der Waals surface area contributed by atoms with Crippen LogP contribution >= 0.6 is 0 Å². The van der Waals surface area contributed by atoms with Crippen LogP contribution in [0, 0.1) is 6.92 Å². The predicted molar refractivity (Wildman–Crippen MR) is 99.3 cm³/mol. The Labute approximate surface area is 148 Å². The summed E-state index contributed by atoms with van der Waals surface area (Å²) < 4.78 is 27.2. The van der Waals surface area contributed by atoms with Gasteiger partial charge in [-0.1, -0.05) is 23.8 Å². The highest BCUT2D eigenvalue weighted by atomic mass is 32.2. The summed E-state index contributed by atoms with van der Waals surface area (Å²) in [6.07, 6.45) is 0. The average Bonchev–Trinajstić information content (AvgIpc) is 2.56. The number of benzene rings is 2. The molecule has 0 aliphatic heterocycles. The average molecular weight is 361 g/mol. The van der Waals surface area contributed by atoms with Crippen molar-refractivity contribution in [3.05, 3.63) is 59.7 Å². The summed E-state index contributed by atoms with van der Waals surface area (Å²) in [5.74, 6) is -0.353. The summed E-state index contributed by atoms with van der Waals surface area (Å²) in [4.78, 5) is 14.3. The molecule has 0 unspecified atom stereocenters. The van der Waals surface area contributed by atoms with Crippen LogP contribution in [0.2, 0.25) is 0 Å². The lowest BCUT2D eigenvalue weighted by Gasteiger charge is -2.12. The molecule has 0 heterocycles. The maximum atomic E-state index is 12.3. The molecule has 2 aromatic rings. The quantitative estimate of drug-likeness (QED) is 0.791. The van der Waals surface area contributed by atoms with Gasteiger partial charge in [0.15, 0.2) is 0 Å². The van der Waals surface area contributed by atoms with Crippen LogP contribution < -0.4 is 10.0 Å². The Hall–Kier alpha value is -2.22. The van der Waals surface area contributed by atoms with Crippen molar-refractivity contribution in [2.75, 3.05) is 32.5 Å². The molecule has 6 nitrogen and oxygen atoms in total. The smallest absolute Gasteiger partial charge is 0.255 e. The van der Waals surface area contributed by atoms with Crippen LogP contribution in [0.25, 0.3) is 0 Å². The molecule has 0 bridgehead atoms. The number of anilines is 1. The van der Waals surface area contributed by atoms with E-state index in [1.165, 1.54) is 12.1 Å². The van der Waals surface area contributed by atoms with Crippen LogP contribution in [0.5, 0.6) is 0 Å². The van der Waals surface area contributed by atoms with Gasteiger partial charge in [0.1, 0.15) is 0 Å². The molecule has 2 aromatic carbocycles. The van der Waals surface area contributed by atoms with E-state index in [1.54, 1.807) is 24.3 Å². The SMILES string of the molecule is Cc1ccc(NC(=O)c2cccc(S(=O)(=O)NCCN(C)C)c2)cc1. The molecule has 0 fully saturated rings. The lowest BCUT2D eigenvalue weighted by molar-refractivity contribution is 0.102. The number of sulfonamides is 1. The Kier molecular flexibility index (Phi) is 6.30. The molecule has 0 spiro atoms. The second-order valence-corrected chi connectivity index (χ2v) is 7.82. The number of aryl methyl sites for hydroxylation is 1. The van der Waals surface area contributed by atoms with E-state index in [1.807, 2.05) is 38.1 Å². The van der Waals surface area contributed by atoms with Gasteiger partial charge in [-0.05, 0) is 51.4 Å². The van der Waals surface area contributed by atoms with Gasteiger partial charge in [0.25, 0.3) is 5.91 Å². The summed E-state index contributed by atoms with van der Waals surface area (Å²) in [6.45, 7) is 2.85. The Morgan fingerprint density at radius 2 is 1.76 bits per heavy atom. The maximum absolute atomic E-state index is 12.3. The lowest BCUT2D eigenvalue weighted by atomic mass is 10.2. The van der Waals surface area contributed by atoms with E-state index in [0.717, 1.165) is 5.56 Å². The van der Waals surface area contributed by atoms with E-state index in [-0.39, 0.29) is 16.4 Å². The van der Waals surface area contributed by atoms with Crippen molar-refractivity contribution in [3.8, 4) is 0 Å². The van der Waals surface area contributed by atoms with E-state index in [2.05, 4.69) is 10.0 Å². The fourth-order valence-electron chi connectivity index (χ4n) is 2.13. The van der Waals surface area contributed by atoms with Crippen LogP contribution in [-0.4, -0.2) is 46.4 Å². The van der Waals surface area contributed by atoms with Crippen LogP contribution in [0.1, 0.15) is 15.9 Å². The Balaban J connectivity index is 2.11. The Morgan fingerprint density at radius 1 is 1.08 bits per heavy atom. The molecule has 0 aromatic heterocycles. The zero-order chi connectivity index (χ0) is 18.4. The Morgan fingerprint density at radius 3 is 2.40 bits per heavy atom. The van der Waals surface area contributed by atoms with Gasteiger partial charge in [-0.15, -0.1) is 0 Å². The van der Waals surface area contributed by atoms with Crippen LogP contribution in [-0.2, 0) is 10.0 Å². The second-order valence-electron chi connectivity index (χ2n) is 6.05. The highest BCUT2D eigenvalue weighted by molar-refractivity contribution is 7.89. The number of amides is 1. The molecule has 0 atom stereocenters. The van der Waals surface area contributed by atoms with Gasteiger partial charge >= 0.3 is 0 Å². The zero-order valence-corrected chi connectivity index (χ0v) is 15.4. The summed E-state index contributed by atoms with van der Waals surface area (Å²) in [7, 11) is 0.0837. The maximum Gasteiger partial charge on any atom is 0.255 e. The molecule has 1 amide bonds. The number of carbonyl (C=O) groups is 1. The van der Waals surface area contributed by atoms with E-state index in [9.17, 15) is 13.2 Å². The first-order valence-electron chi connectivity index (χ1n) is 7.90. The third kappa shape index (κ3) is 5.67. The van der Waals surface area contributed by atoms with Gasteiger partial charge in [0.2, 0.25) is 10.0 Å². The van der Waals surface area contributed by atoms with Crippen molar-refractivity contribution >= 4 is 21.6 Å². The molecular formula is C18H23N3O3S.